The third-order valence-electron chi connectivity index (χ3n) is 6.04. The summed E-state index contributed by atoms with van der Waals surface area (Å²) in [5.74, 6) is -0.428. The number of carbonyl (C=O) groups excluding carboxylic acids is 3. The Labute approximate surface area is 195 Å². The molecule has 1 fully saturated rings. The number of esters is 1. The topological polar surface area (TPSA) is 94.2 Å². The van der Waals surface area contributed by atoms with E-state index in [1.54, 1.807) is 18.9 Å². The van der Waals surface area contributed by atoms with Crippen LogP contribution in [0.3, 0.4) is 0 Å². The van der Waals surface area contributed by atoms with Crippen molar-refractivity contribution in [2.24, 2.45) is 0 Å². The highest BCUT2D eigenvalue weighted by Gasteiger charge is 2.37. The molecule has 0 radical (unpaired) electrons. The van der Waals surface area contributed by atoms with Crippen molar-refractivity contribution in [2.75, 3.05) is 52.9 Å². The Morgan fingerprint density at radius 1 is 1.12 bits per heavy atom. The molecule has 0 unspecified atom stereocenters. The van der Waals surface area contributed by atoms with Gasteiger partial charge in [0.15, 0.2) is 0 Å². The molecule has 0 bridgehead atoms. The number of benzene rings is 1. The zero-order valence-electron chi connectivity index (χ0n) is 20.0. The second-order valence-corrected chi connectivity index (χ2v) is 8.43. The molecule has 2 N–H and O–H groups in total. The molecule has 2 heterocycles. The summed E-state index contributed by atoms with van der Waals surface area (Å²) < 4.78 is 5.39. The fourth-order valence-corrected chi connectivity index (χ4v) is 4.07. The van der Waals surface area contributed by atoms with Gasteiger partial charge < -0.3 is 20.3 Å². The van der Waals surface area contributed by atoms with E-state index in [1.807, 2.05) is 38.1 Å². The molecule has 0 aromatic heterocycles. The molecule has 1 aromatic rings. The van der Waals surface area contributed by atoms with E-state index in [2.05, 4.69) is 15.5 Å². The number of piperazine rings is 1. The maximum absolute atomic E-state index is 13.1. The highest BCUT2D eigenvalue weighted by molar-refractivity contribution is 5.95. The van der Waals surface area contributed by atoms with Gasteiger partial charge in [0.05, 0.1) is 18.2 Å². The minimum atomic E-state index is -0.579. The van der Waals surface area contributed by atoms with Crippen molar-refractivity contribution in [3.05, 3.63) is 46.7 Å². The van der Waals surface area contributed by atoms with Crippen LogP contribution in [0.2, 0.25) is 0 Å². The van der Waals surface area contributed by atoms with Gasteiger partial charge in [-0.3, -0.25) is 9.80 Å². The van der Waals surface area contributed by atoms with Crippen molar-refractivity contribution in [1.29, 1.82) is 0 Å². The van der Waals surface area contributed by atoms with E-state index < -0.39 is 12.0 Å². The quantitative estimate of drug-likeness (QED) is 0.613. The van der Waals surface area contributed by atoms with Gasteiger partial charge in [0.1, 0.15) is 0 Å². The molecule has 3 rings (SSSR count). The van der Waals surface area contributed by atoms with Gasteiger partial charge in [0, 0.05) is 52.0 Å². The van der Waals surface area contributed by atoms with Crippen molar-refractivity contribution < 1.29 is 19.1 Å². The third-order valence-corrected chi connectivity index (χ3v) is 6.04. The van der Waals surface area contributed by atoms with Crippen LogP contribution in [0.5, 0.6) is 0 Å². The lowest BCUT2D eigenvalue weighted by atomic mass is 9.93. The van der Waals surface area contributed by atoms with E-state index >= 15 is 0 Å². The molecule has 2 aliphatic rings. The van der Waals surface area contributed by atoms with Crippen molar-refractivity contribution >= 4 is 18.0 Å². The minimum absolute atomic E-state index is 0.0449. The van der Waals surface area contributed by atoms with Gasteiger partial charge in [-0.2, -0.15) is 0 Å². The maximum atomic E-state index is 13.1. The predicted octanol–water partition coefficient (Wildman–Crippen LogP) is 2.25. The van der Waals surface area contributed by atoms with E-state index in [1.165, 1.54) is 4.90 Å². The third kappa shape index (κ3) is 5.84. The number of amides is 4. The Kier molecular flexibility index (Phi) is 8.32. The number of ether oxygens (including phenoxy) is 1. The van der Waals surface area contributed by atoms with Gasteiger partial charge in [0.25, 0.3) is 0 Å². The molecule has 0 spiro atoms. The number of hydrogen-bond acceptors (Lipinski definition) is 5. The first-order valence-electron chi connectivity index (χ1n) is 11.6. The van der Waals surface area contributed by atoms with Crippen LogP contribution in [0, 0.1) is 6.92 Å². The summed E-state index contributed by atoms with van der Waals surface area (Å²) in [6.07, 6.45) is 0.896. The molecular formula is C24H35N5O4. The van der Waals surface area contributed by atoms with Crippen LogP contribution >= 0.6 is 0 Å². The fourth-order valence-electron chi connectivity index (χ4n) is 4.07. The highest BCUT2D eigenvalue weighted by Crippen LogP contribution is 2.31. The largest absolute Gasteiger partial charge is 0.463 e. The van der Waals surface area contributed by atoms with Gasteiger partial charge in [-0.05, 0) is 25.8 Å². The van der Waals surface area contributed by atoms with Crippen molar-refractivity contribution in [3.8, 4) is 0 Å². The second kappa shape index (κ2) is 11.2. The average molecular weight is 458 g/mol. The zero-order valence-corrected chi connectivity index (χ0v) is 20.0. The number of rotatable bonds is 7. The van der Waals surface area contributed by atoms with Gasteiger partial charge in [-0.1, -0.05) is 36.8 Å². The first kappa shape index (κ1) is 24.6. The van der Waals surface area contributed by atoms with Crippen molar-refractivity contribution in [2.45, 2.75) is 33.2 Å². The van der Waals surface area contributed by atoms with Gasteiger partial charge >= 0.3 is 18.0 Å². The van der Waals surface area contributed by atoms with E-state index in [9.17, 15) is 14.4 Å². The molecule has 2 aliphatic heterocycles. The van der Waals surface area contributed by atoms with Crippen LogP contribution < -0.4 is 10.6 Å². The Balaban J connectivity index is 1.84. The molecule has 9 heteroatoms. The Bertz CT molecular complexity index is 891. The van der Waals surface area contributed by atoms with E-state index in [-0.39, 0.29) is 18.7 Å². The number of urea groups is 2. The summed E-state index contributed by atoms with van der Waals surface area (Å²) in [6.45, 7) is 9.62. The molecule has 4 amide bonds. The van der Waals surface area contributed by atoms with Crippen LogP contribution in [0.1, 0.15) is 37.4 Å². The summed E-state index contributed by atoms with van der Waals surface area (Å²) in [6, 6.07) is 6.89. The number of nitrogens with one attached hydrogen (secondary N) is 2. The SMILES string of the molecule is CCCNC(=O)N1CCN(CC2=C(C(=O)OCC)[C@H](c3ccc(C)cc3)NC(=O)N2C)CC1. The lowest BCUT2D eigenvalue weighted by molar-refractivity contribution is -0.139. The molecule has 33 heavy (non-hydrogen) atoms. The second-order valence-electron chi connectivity index (χ2n) is 8.43. The fraction of sp³-hybridized carbons (Fsp3) is 0.542. The lowest BCUT2D eigenvalue weighted by Crippen LogP contribution is -2.54. The Morgan fingerprint density at radius 3 is 2.39 bits per heavy atom. The molecule has 0 saturated carbocycles. The number of carbonyl (C=O) groups is 3. The van der Waals surface area contributed by atoms with E-state index in [0.29, 0.717) is 50.5 Å². The molecule has 1 saturated heterocycles. The van der Waals surface area contributed by atoms with Crippen LogP contribution in [0.25, 0.3) is 0 Å². The molecule has 180 valence electrons. The van der Waals surface area contributed by atoms with Gasteiger partial charge in [0.2, 0.25) is 0 Å². The lowest BCUT2D eigenvalue weighted by Gasteiger charge is -2.39. The molecule has 1 atom stereocenters. The van der Waals surface area contributed by atoms with E-state index in [0.717, 1.165) is 17.5 Å². The smallest absolute Gasteiger partial charge is 0.338 e. The summed E-state index contributed by atoms with van der Waals surface area (Å²) >= 11 is 0. The van der Waals surface area contributed by atoms with Crippen LogP contribution in [-0.2, 0) is 9.53 Å². The summed E-state index contributed by atoms with van der Waals surface area (Å²) in [5, 5.41) is 5.86. The summed E-state index contributed by atoms with van der Waals surface area (Å²) in [5.41, 5.74) is 3.01. The Hall–Kier alpha value is -3.07. The number of likely N-dealkylation sites (N-methyl/N-ethyl adjacent to an activating group) is 1. The monoisotopic (exact) mass is 457 g/mol. The van der Waals surface area contributed by atoms with Crippen LogP contribution in [0.4, 0.5) is 9.59 Å². The highest BCUT2D eigenvalue weighted by atomic mass is 16.5. The van der Waals surface area contributed by atoms with Gasteiger partial charge in [-0.25, -0.2) is 14.4 Å². The average Bonchev–Trinajstić information content (AvgIpc) is 2.81. The molecular weight excluding hydrogens is 422 g/mol. The standard InChI is InChI=1S/C24H35N5O4/c1-5-11-25-23(31)29-14-12-28(13-15-29)16-19-20(22(30)33-6-2)21(26-24(32)27(19)4)18-9-7-17(3)8-10-18/h7-10,21H,5-6,11-16H2,1-4H3,(H,25,31)(H,26,32)/t21-/m0/s1. The minimum Gasteiger partial charge on any atom is -0.463 e. The first-order valence-corrected chi connectivity index (χ1v) is 11.6. The zero-order chi connectivity index (χ0) is 24.0. The first-order chi connectivity index (χ1) is 15.8. The summed E-state index contributed by atoms with van der Waals surface area (Å²) in [4.78, 5) is 43.6. The number of hydrogen-bond donors (Lipinski definition) is 2. The normalized spacial score (nSPS) is 19.4. The van der Waals surface area contributed by atoms with Crippen molar-refractivity contribution in [3.63, 3.8) is 0 Å². The summed E-state index contributed by atoms with van der Waals surface area (Å²) in [7, 11) is 1.67. The van der Waals surface area contributed by atoms with Crippen LogP contribution in [0.15, 0.2) is 35.5 Å². The molecule has 0 aliphatic carbocycles. The predicted molar refractivity (Wildman–Crippen MR) is 126 cm³/mol. The van der Waals surface area contributed by atoms with Crippen LogP contribution in [-0.4, -0.2) is 85.7 Å². The Morgan fingerprint density at radius 2 is 1.79 bits per heavy atom. The van der Waals surface area contributed by atoms with E-state index in [4.69, 9.17) is 4.74 Å². The van der Waals surface area contributed by atoms with Gasteiger partial charge in [-0.15, -0.1) is 0 Å². The number of aryl methyl sites for hydroxylation is 1. The molecule has 1 aromatic carbocycles. The molecule has 9 nitrogen and oxygen atoms in total. The number of nitrogens with zero attached hydrogens (tertiary/aromatic N) is 3. The maximum Gasteiger partial charge on any atom is 0.338 e. The van der Waals surface area contributed by atoms with Crippen molar-refractivity contribution in [1.82, 2.24) is 25.3 Å².